The van der Waals surface area contributed by atoms with E-state index in [0.29, 0.717) is 33.0 Å². The Morgan fingerprint density at radius 3 is 1.55 bits per heavy atom. The molecule has 0 atom stereocenters. The molecular weight excluding hydrogens is 555 g/mol. The van der Waals surface area contributed by atoms with Gasteiger partial charge >= 0.3 is 0 Å². The molecule has 1 aromatic heterocycles. The minimum atomic E-state index is -1.88. The minimum absolute atomic E-state index is 0.550. The first-order valence-electron chi connectivity index (χ1n) is 14.5. The smallest absolute Gasteiger partial charge is 0.180 e. The van der Waals surface area contributed by atoms with Gasteiger partial charge in [-0.15, -0.1) is 0 Å². The topological polar surface area (TPSA) is 28.3 Å². The molecule has 1 heterocycles. The van der Waals surface area contributed by atoms with Crippen molar-refractivity contribution in [1.29, 1.82) is 0 Å². The van der Waals surface area contributed by atoms with E-state index in [1.165, 1.54) is 26.7 Å². The maximum Gasteiger partial charge on any atom is 0.180 e. The summed E-state index contributed by atoms with van der Waals surface area (Å²) in [4.78, 5) is 0. The minimum Gasteiger partial charge on any atom is -0.377 e. The zero-order valence-corrected chi connectivity index (χ0v) is 25.6. The van der Waals surface area contributed by atoms with Gasteiger partial charge in [-0.3, -0.25) is 0 Å². The molecule has 0 unspecified atom stereocenters. The Labute approximate surface area is 253 Å². The number of hydrogen-bond acceptors (Lipinski definition) is 3. The first-order valence-corrected chi connectivity index (χ1v) is 16.9. The van der Waals surface area contributed by atoms with Crippen molar-refractivity contribution >= 4 is 57.2 Å². The van der Waals surface area contributed by atoms with Gasteiger partial charge in [-0.05, 0) is 71.5 Å². The highest BCUT2D eigenvalue weighted by Gasteiger charge is 2.44. The number of fused-ring (bicyclic) bond motifs is 2. The molecule has 212 valence electrons. The standard InChI is InChI=1S/C36H36N2O2PS/c1-37-34-27-29-13-11-12-14-30(29)28-35(34)38(36(37)42)21-22-39-23-24-40-25-26-41(31-15-5-2-6-16-31,32-17-7-3-8-18-32)33-19-9-4-10-20-33/h2-20,27-28H,21-26H2,1H3/q+1. The van der Waals surface area contributed by atoms with Gasteiger partial charge in [0.1, 0.15) is 23.2 Å². The number of imidazole rings is 1. The van der Waals surface area contributed by atoms with Crippen LogP contribution < -0.4 is 15.9 Å². The van der Waals surface area contributed by atoms with Crippen LogP contribution in [-0.4, -0.2) is 41.7 Å². The molecule has 0 aliphatic rings. The average Bonchev–Trinajstić information content (AvgIpc) is 3.28. The number of ether oxygens (including phenoxy) is 2. The highest BCUT2D eigenvalue weighted by atomic mass is 32.1. The van der Waals surface area contributed by atoms with Crippen LogP contribution in [-0.2, 0) is 23.1 Å². The van der Waals surface area contributed by atoms with Gasteiger partial charge < -0.3 is 18.6 Å². The fraction of sp³-hybridized carbons (Fsp3) is 0.194. The highest BCUT2D eigenvalue weighted by Crippen LogP contribution is 2.54. The summed E-state index contributed by atoms with van der Waals surface area (Å²) in [6, 6.07) is 45.7. The van der Waals surface area contributed by atoms with Crippen molar-refractivity contribution in [1.82, 2.24) is 9.13 Å². The molecule has 6 heteroatoms. The zero-order valence-electron chi connectivity index (χ0n) is 23.9. The Morgan fingerprint density at radius 1 is 0.571 bits per heavy atom. The summed E-state index contributed by atoms with van der Waals surface area (Å²) in [5.74, 6) is 0. The normalized spacial score (nSPS) is 11.8. The van der Waals surface area contributed by atoms with Gasteiger partial charge in [0.05, 0.1) is 43.6 Å². The largest absolute Gasteiger partial charge is 0.377 e. The average molecular weight is 592 g/mol. The van der Waals surface area contributed by atoms with Crippen LogP contribution in [0.5, 0.6) is 0 Å². The number of hydrogen-bond donors (Lipinski definition) is 0. The van der Waals surface area contributed by atoms with Crippen LogP contribution in [0.1, 0.15) is 0 Å². The van der Waals surface area contributed by atoms with E-state index in [1.54, 1.807) is 0 Å². The highest BCUT2D eigenvalue weighted by molar-refractivity contribution is 7.95. The van der Waals surface area contributed by atoms with E-state index in [1.807, 2.05) is 7.05 Å². The zero-order chi connectivity index (χ0) is 28.8. The quantitative estimate of drug-likeness (QED) is 0.0882. The molecule has 0 amide bonds. The number of rotatable bonds is 12. The Morgan fingerprint density at radius 2 is 1.02 bits per heavy atom. The molecule has 6 aromatic rings. The van der Waals surface area contributed by atoms with E-state index in [2.05, 4.69) is 137 Å². The SMILES string of the molecule is Cn1c(=S)n(CCOCCOCC[P+](c2ccccc2)(c2ccccc2)c2ccccc2)c2cc3ccccc3cc21. The summed E-state index contributed by atoms with van der Waals surface area (Å²) in [5, 5.41) is 6.57. The molecule has 0 saturated heterocycles. The van der Waals surface area contributed by atoms with Gasteiger partial charge in [0.15, 0.2) is 4.77 Å². The molecule has 0 radical (unpaired) electrons. The predicted octanol–water partition coefficient (Wildman–Crippen LogP) is 6.89. The van der Waals surface area contributed by atoms with Gasteiger partial charge in [-0.2, -0.15) is 0 Å². The Kier molecular flexibility index (Phi) is 8.92. The van der Waals surface area contributed by atoms with Gasteiger partial charge in [-0.1, -0.05) is 78.9 Å². The van der Waals surface area contributed by atoms with Crippen LogP contribution in [0.4, 0.5) is 0 Å². The number of aryl methyl sites for hydroxylation is 1. The van der Waals surface area contributed by atoms with E-state index in [0.717, 1.165) is 22.0 Å². The van der Waals surface area contributed by atoms with Crippen molar-refractivity contribution in [3.05, 3.63) is 132 Å². The molecule has 42 heavy (non-hydrogen) atoms. The van der Waals surface area contributed by atoms with Crippen LogP contribution in [0.2, 0.25) is 0 Å². The molecule has 0 fully saturated rings. The van der Waals surface area contributed by atoms with Gasteiger partial charge in [-0.25, -0.2) is 0 Å². The first kappa shape index (κ1) is 28.5. The molecule has 0 saturated carbocycles. The molecule has 0 aliphatic carbocycles. The third-order valence-corrected chi connectivity index (χ3v) is 12.9. The first-order chi connectivity index (χ1) is 20.7. The maximum atomic E-state index is 6.22. The van der Waals surface area contributed by atoms with Crippen molar-refractivity contribution in [2.24, 2.45) is 7.05 Å². The lowest BCUT2D eigenvalue weighted by atomic mass is 10.1. The van der Waals surface area contributed by atoms with Crippen LogP contribution >= 0.6 is 19.5 Å². The Balaban J connectivity index is 1.09. The van der Waals surface area contributed by atoms with Gasteiger partial charge in [0.25, 0.3) is 0 Å². The Bertz CT molecular complexity index is 1720. The monoisotopic (exact) mass is 591 g/mol. The van der Waals surface area contributed by atoms with E-state index in [9.17, 15) is 0 Å². The second-order valence-electron chi connectivity index (χ2n) is 10.4. The molecule has 0 aliphatic heterocycles. The summed E-state index contributed by atoms with van der Waals surface area (Å²) in [5.41, 5.74) is 2.29. The van der Waals surface area contributed by atoms with Crippen LogP contribution in [0, 0.1) is 4.77 Å². The molecule has 0 N–H and O–H groups in total. The molecule has 5 aromatic carbocycles. The summed E-state index contributed by atoms with van der Waals surface area (Å²) in [7, 11) is 0.153. The van der Waals surface area contributed by atoms with Gasteiger partial charge in [0, 0.05) is 13.6 Å². The second kappa shape index (κ2) is 13.1. The van der Waals surface area contributed by atoms with Crippen LogP contribution in [0.25, 0.3) is 21.8 Å². The van der Waals surface area contributed by atoms with Crippen LogP contribution in [0.15, 0.2) is 127 Å². The fourth-order valence-corrected chi connectivity index (χ4v) is 10.3. The second-order valence-corrected chi connectivity index (χ2v) is 14.4. The van der Waals surface area contributed by atoms with Gasteiger partial charge in [0.2, 0.25) is 0 Å². The van der Waals surface area contributed by atoms with Crippen molar-refractivity contribution in [3.8, 4) is 0 Å². The summed E-state index contributed by atoms with van der Waals surface area (Å²) in [6.07, 6.45) is 0.935. The van der Waals surface area contributed by atoms with E-state index in [-0.39, 0.29) is 0 Å². The molecule has 6 rings (SSSR count). The lowest BCUT2D eigenvalue weighted by molar-refractivity contribution is 0.0506. The lowest BCUT2D eigenvalue weighted by Crippen LogP contribution is -2.34. The third-order valence-electron chi connectivity index (χ3n) is 8.01. The van der Waals surface area contributed by atoms with Crippen molar-refractivity contribution in [2.75, 3.05) is 32.6 Å². The Hall–Kier alpha value is -3.60. The third kappa shape index (κ3) is 5.71. The van der Waals surface area contributed by atoms with Crippen molar-refractivity contribution < 1.29 is 9.47 Å². The summed E-state index contributed by atoms with van der Waals surface area (Å²) < 4.78 is 17.3. The number of nitrogens with zero attached hydrogens (tertiary/aromatic N) is 2. The molecular formula is C36H36N2O2PS+. The molecule has 4 nitrogen and oxygen atoms in total. The predicted molar refractivity (Wildman–Crippen MR) is 181 cm³/mol. The summed E-state index contributed by atoms with van der Waals surface area (Å²) >= 11 is 5.77. The lowest BCUT2D eigenvalue weighted by Gasteiger charge is -2.27. The molecule has 0 spiro atoms. The number of benzene rings is 5. The van der Waals surface area contributed by atoms with E-state index in [4.69, 9.17) is 21.7 Å². The fourth-order valence-electron chi connectivity index (χ4n) is 5.87. The van der Waals surface area contributed by atoms with Crippen molar-refractivity contribution in [2.45, 2.75) is 6.54 Å². The van der Waals surface area contributed by atoms with Crippen LogP contribution in [0.3, 0.4) is 0 Å². The molecule has 0 bridgehead atoms. The van der Waals surface area contributed by atoms with E-state index >= 15 is 0 Å². The maximum absolute atomic E-state index is 6.22. The van der Waals surface area contributed by atoms with Crippen molar-refractivity contribution in [3.63, 3.8) is 0 Å². The summed E-state index contributed by atoms with van der Waals surface area (Å²) in [6.45, 7) is 3.06. The van der Waals surface area contributed by atoms with E-state index < -0.39 is 7.26 Å². The number of aromatic nitrogens is 2.